The second kappa shape index (κ2) is 9.91. The fourth-order valence-corrected chi connectivity index (χ4v) is 3.47. The lowest BCUT2D eigenvalue weighted by atomic mass is 10.1. The number of carbonyl (C=O) groups excluding carboxylic acids is 1. The van der Waals surface area contributed by atoms with Gasteiger partial charge in [0, 0.05) is 17.8 Å². The molecule has 2 aromatic carbocycles. The SMILES string of the molecule is COc1nc(-c2cccc3c2OCCO3)ccc1Nc1ccc(CNC(=O)OC(C)(C)C)cc1. The van der Waals surface area contributed by atoms with Crippen molar-refractivity contribution in [3.63, 3.8) is 0 Å². The van der Waals surface area contributed by atoms with Gasteiger partial charge in [-0.05, 0) is 62.7 Å². The van der Waals surface area contributed by atoms with Crippen LogP contribution < -0.4 is 24.8 Å². The third-order valence-electron chi connectivity index (χ3n) is 4.96. The molecule has 0 atom stereocenters. The first-order valence-electron chi connectivity index (χ1n) is 11.1. The Morgan fingerprint density at radius 3 is 2.53 bits per heavy atom. The number of fused-ring (bicyclic) bond motifs is 1. The van der Waals surface area contributed by atoms with Crippen LogP contribution in [0.15, 0.2) is 54.6 Å². The van der Waals surface area contributed by atoms with E-state index in [0.717, 1.165) is 28.2 Å². The summed E-state index contributed by atoms with van der Waals surface area (Å²) >= 11 is 0. The van der Waals surface area contributed by atoms with E-state index < -0.39 is 11.7 Å². The smallest absolute Gasteiger partial charge is 0.407 e. The molecule has 1 aliphatic heterocycles. The van der Waals surface area contributed by atoms with Crippen LogP contribution in [0.5, 0.6) is 17.4 Å². The number of benzene rings is 2. The number of nitrogens with zero attached hydrogens (tertiary/aromatic N) is 1. The Morgan fingerprint density at radius 1 is 1.03 bits per heavy atom. The molecule has 3 aromatic rings. The first-order valence-corrected chi connectivity index (χ1v) is 11.1. The second-order valence-electron chi connectivity index (χ2n) is 8.76. The molecule has 4 rings (SSSR count). The highest BCUT2D eigenvalue weighted by Gasteiger charge is 2.19. The average molecular weight is 464 g/mol. The Bertz CT molecular complexity index is 1160. The van der Waals surface area contributed by atoms with Crippen LogP contribution in [-0.2, 0) is 11.3 Å². The molecule has 8 heteroatoms. The molecule has 0 saturated carbocycles. The number of amides is 1. The van der Waals surface area contributed by atoms with Gasteiger partial charge >= 0.3 is 6.09 Å². The summed E-state index contributed by atoms with van der Waals surface area (Å²) in [4.78, 5) is 16.5. The van der Waals surface area contributed by atoms with Crippen LogP contribution in [0.1, 0.15) is 26.3 Å². The number of ether oxygens (including phenoxy) is 4. The van der Waals surface area contributed by atoms with Crippen LogP contribution >= 0.6 is 0 Å². The molecule has 34 heavy (non-hydrogen) atoms. The van der Waals surface area contributed by atoms with Gasteiger partial charge in [0.1, 0.15) is 24.5 Å². The summed E-state index contributed by atoms with van der Waals surface area (Å²) in [6.07, 6.45) is -0.442. The molecule has 1 amide bonds. The Morgan fingerprint density at radius 2 is 1.79 bits per heavy atom. The maximum Gasteiger partial charge on any atom is 0.407 e. The van der Waals surface area contributed by atoms with E-state index >= 15 is 0 Å². The number of nitrogens with one attached hydrogen (secondary N) is 2. The van der Waals surface area contributed by atoms with E-state index in [2.05, 4.69) is 15.6 Å². The molecule has 1 aliphatic rings. The number of hydrogen-bond acceptors (Lipinski definition) is 7. The fourth-order valence-electron chi connectivity index (χ4n) is 3.47. The summed E-state index contributed by atoms with van der Waals surface area (Å²) in [6, 6.07) is 17.3. The molecule has 0 saturated heterocycles. The number of aromatic nitrogens is 1. The van der Waals surface area contributed by atoms with Crippen molar-refractivity contribution >= 4 is 17.5 Å². The molecule has 0 spiro atoms. The summed E-state index contributed by atoms with van der Waals surface area (Å²) in [6.45, 7) is 6.91. The zero-order chi connectivity index (χ0) is 24.1. The lowest BCUT2D eigenvalue weighted by molar-refractivity contribution is 0.0523. The summed E-state index contributed by atoms with van der Waals surface area (Å²) in [5, 5.41) is 6.09. The second-order valence-corrected chi connectivity index (χ2v) is 8.76. The summed E-state index contributed by atoms with van der Waals surface area (Å²) < 4.78 is 22.3. The van der Waals surface area contributed by atoms with Crippen LogP contribution in [0.3, 0.4) is 0 Å². The number of methoxy groups -OCH3 is 1. The Kier molecular flexibility index (Phi) is 6.77. The highest BCUT2D eigenvalue weighted by molar-refractivity contribution is 5.75. The van der Waals surface area contributed by atoms with Crippen LogP contribution in [-0.4, -0.2) is 37.0 Å². The fraction of sp³-hybridized carbons (Fsp3) is 0.308. The number of alkyl carbamates (subject to hydrolysis) is 1. The van der Waals surface area contributed by atoms with E-state index in [1.54, 1.807) is 7.11 Å². The van der Waals surface area contributed by atoms with Crippen molar-refractivity contribution in [2.75, 3.05) is 25.6 Å². The minimum atomic E-state index is -0.527. The van der Waals surface area contributed by atoms with Gasteiger partial charge in [-0.25, -0.2) is 9.78 Å². The number of carbonyl (C=O) groups is 1. The van der Waals surface area contributed by atoms with Gasteiger partial charge in [-0.1, -0.05) is 18.2 Å². The van der Waals surface area contributed by atoms with E-state index in [4.69, 9.17) is 18.9 Å². The van der Waals surface area contributed by atoms with Crippen molar-refractivity contribution in [3.8, 4) is 28.6 Å². The van der Waals surface area contributed by atoms with Crippen molar-refractivity contribution in [2.45, 2.75) is 32.9 Å². The summed E-state index contributed by atoms with van der Waals surface area (Å²) in [7, 11) is 1.59. The number of rotatable bonds is 6. The maximum atomic E-state index is 11.8. The summed E-state index contributed by atoms with van der Waals surface area (Å²) in [5.41, 5.74) is 3.60. The van der Waals surface area contributed by atoms with Crippen molar-refractivity contribution < 1.29 is 23.7 Å². The van der Waals surface area contributed by atoms with Crippen LogP contribution in [0.25, 0.3) is 11.3 Å². The van der Waals surface area contributed by atoms with Gasteiger partial charge in [0.15, 0.2) is 11.5 Å². The predicted octanol–water partition coefficient (Wildman–Crippen LogP) is 5.30. The maximum absolute atomic E-state index is 11.8. The standard InChI is InChI=1S/C26H29N3O5/c1-26(2,3)34-25(30)27-16-17-8-10-18(11-9-17)28-21-13-12-20(29-24(21)31-4)19-6-5-7-22-23(19)33-15-14-32-22/h5-13,28H,14-16H2,1-4H3,(H,27,30). The van der Waals surface area contributed by atoms with Gasteiger partial charge in [-0.3, -0.25) is 0 Å². The van der Waals surface area contributed by atoms with Gasteiger partial charge in [0.2, 0.25) is 5.88 Å². The molecule has 0 radical (unpaired) electrons. The number of pyridine rings is 1. The Labute approximate surface area is 199 Å². The normalized spacial score (nSPS) is 12.6. The quantitative estimate of drug-likeness (QED) is 0.513. The zero-order valence-electron chi connectivity index (χ0n) is 19.8. The van der Waals surface area contributed by atoms with Gasteiger partial charge in [0.25, 0.3) is 0 Å². The topological polar surface area (TPSA) is 90.9 Å². The van der Waals surface area contributed by atoms with E-state index in [-0.39, 0.29) is 0 Å². The summed E-state index contributed by atoms with van der Waals surface area (Å²) in [5.74, 6) is 1.87. The Balaban J connectivity index is 1.45. The molecule has 0 fully saturated rings. The number of anilines is 2. The molecule has 0 unspecified atom stereocenters. The minimum Gasteiger partial charge on any atom is -0.486 e. The third-order valence-corrected chi connectivity index (χ3v) is 4.96. The molecule has 2 heterocycles. The third kappa shape index (κ3) is 5.70. The highest BCUT2D eigenvalue weighted by atomic mass is 16.6. The van der Waals surface area contributed by atoms with E-state index in [9.17, 15) is 4.79 Å². The van der Waals surface area contributed by atoms with Crippen LogP contribution in [0.2, 0.25) is 0 Å². The van der Waals surface area contributed by atoms with Crippen LogP contribution in [0, 0.1) is 0 Å². The van der Waals surface area contributed by atoms with Gasteiger partial charge in [0.05, 0.1) is 12.8 Å². The Hall–Kier alpha value is -3.94. The average Bonchev–Trinajstić information content (AvgIpc) is 2.82. The van der Waals surface area contributed by atoms with Gasteiger partial charge in [-0.2, -0.15) is 0 Å². The molecular formula is C26H29N3O5. The molecule has 178 valence electrons. The first-order chi connectivity index (χ1) is 16.3. The lowest BCUT2D eigenvalue weighted by Gasteiger charge is -2.21. The largest absolute Gasteiger partial charge is 0.486 e. The molecule has 0 bridgehead atoms. The van der Waals surface area contributed by atoms with Crippen LogP contribution in [0.4, 0.5) is 16.2 Å². The zero-order valence-corrected chi connectivity index (χ0v) is 19.8. The van der Waals surface area contributed by atoms with Gasteiger partial charge < -0.3 is 29.6 Å². The number of para-hydroxylation sites is 1. The highest BCUT2D eigenvalue weighted by Crippen LogP contribution is 2.40. The van der Waals surface area contributed by atoms with E-state index in [0.29, 0.717) is 37.1 Å². The first kappa shape index (κ1) is 23.2. The van der Waals surface area contributed by atoms with Crippen molar-refractivity contribution in [2.24, 2.45) is 0 Å². The molecule has 8 nitrogen and oxygen atoms in total. The molecule has 1 aromatic heterocycles. The van der Waals surface area contributed by atoms with Crippen molar-refractivity contribution in [3.05, 3.63) is 60.2 Å². The monoisotopic (exact) mass is 463 g/mol. The molecular weight excluding hydrogens is 434 g/mol. The predicted molar refractivity (Wildman–Crippen MR) is 130 cm³/mol. The molecule has 2 N–H and O–H groups in total. The van der Waals surface area contributed by atoms with Crippen molar-refractivity contribution in [1.29, 1.82) is 0 Å². The number of hydrogen-bond donors (Lipinski definition) is 2. The lowest BCUT2D eigenvalue weighted by Crippen LogP contribution is -2.32. The van der Waals surface area contributed by atoms with E-state index in [1.807, 2.05) is 75.4 Å². The minimum absolute atomic E-state index is 0.377. The van der Waals surface area contributed by atoms with E-state index in [1.165, 1.54) is 0 Å². The molecule has 0 aliphatic carbocycles. The van der Waals surface area contributed by atoms with Gasteiger partial charge in [-0.15, -0.1) is 0 Å². The van der Waals surface area contributed by atoms with Crippen molar-refractivity contribution in [1.82, 2.24) is 10.3 Å².